The van der Waals surface area contributed by atoms with Crippen LogP contribution in [0.1, 0.15) is 15.9 Å². The molecule has 0 unspecified atom stereocenters. The second-order valence-corrected chi connectivity index (χ2v) is 6.63. The van der Waals surface area contributed by atoms with E-state index in [2.05, 4.69) is 0 Å². The number of sulfone groups is 1. The van der Waals surface area contributed by atoms with Crippen molar-refractivity contribution in [2.45, 2.75) is 16.7 Å². The van der Waals surface area contributed by atoms with Crippen LogP contribution in [0.2, 0.25) is 5.02 Å². The van der Waals surface area contributed by atoms with E-state index in [1.165, 1.54) is 12.1 Å². The molecule has 0 fully saturated rings. The van der Waals surface area contributed by atoms with Crippen molar-refractivity contribution < 1.29 is 18.3 Å². The molecule has 104 valence electrons. The van der Waals surface area contributed by atoms with Crippen molar-refractivity contribution in [3.05, 3.63) is 52.5 Å². The van der Waals surface area contributed by atoms with Gasteiger partial charge in [-0.2, -0.15) is 0 Å². The van der Waals surface area contributed by atoms with Gasteiger partial charge in [-0.1, -0.05) is 29.3 Å². The second-order valence-electron chi connectivity index (χ2n) is 4.28. The summed E-state index contributed by atoms with van der Waals surface area (Å²) in [5.74, 6) is -0.426. The lowest BCUT2D eigenvalue weighted by Crippen LogP contribution is -2.03. The number of phenols is 1. The largest absolute Gasteiger partial charge is 0.506 e. The summed E-state index contributed by atoms with van der Waals surface area (Å²) in [6.07, 6.45) is 0.357. The van der Waals surface area contributed by atoms with E-state index >= 15 is 0 Å². The zero-order valence-corrected chi connectivity index (χ0v) is 12.1. The van der Waals surface area contributed by atoms with Gasteiger partial charge in [0.1, 0.15) is 5.75 Å². The molecule has 0 aliphatic heterocycles. The Labute approximate surface area is 121 Å². The van der Waals surface area contributed by atoms with Crippen LogP contribution >= 0.6 is 11.6 Å². The number of aldehydes is 1. The molecular formula is C14H11ClO4S. The number of benzene rings is 2. The lowest BCUT2D eigenvalue weighted by molar-refractivity contribution is 0.112. The smallest absolute Gasteiger partial charge is 0.206 e. The molecule has 0 aromatic heterocycles. The van der Waals surface area contributed by atoms with Gasteiger partial charge >= 0.3 is 0 Å². The van der Waals surface area contributed by atoms with Crippen LogP contribution in [0, 0.1) is 6.92 Å². The molecule has 4 nitrogen and oxygen atoms in total. The molecule has 0 radical (unpaired) electrons. The van der Waals surface area contributed by atoms with Crippen LogP contribution in [0.15, 0.2) is 46.2 Å². The lowest BCUT2D eigenvalue weighted by Gasteiger charge is -2.08. The average Bonchev–Trinajstić information content (AvgIpc) is 2.42. The fourth-order valence-corrected chi connectivity index (χ4v) is 3.31. The average molecular weight is 311 g/mol. The van der Waals surface area contributed by atoms with Crippen molar-refractivity contribution in [3.8, 4) is 5.75 Å². The maximum Gasteiger partial charge on any atom is 0.206 e. The number of phenolic OH excluding ortho intramolecular Hbond substituents is 1. The fraction of sp³-hybridized carbons (Fsp3) is 0.0714. The highest BCUT2D eigenvalue weighted by molar-refractivity contribution is 7.91. The van der Waals surface area contributed by atoms with Gasteiger partial charge in [0.2, 0.25) is 9.84 Å². The summed E-state index contributed by atoms with van der Waals surface area (Å²) in [5.41, 5.74) is 0.768. The van der Waals surface area contributed by atoms with Gasteiger partial charge in [-0.25, -0.2) is 8.42 Å². The summed E-state index contributed by atoms with van der Waals surface area (Å²) in [4.78, 5) is 10.8. The van der Waals surface area contributed by atoms with E-state index in [4.69, 9.17) is 11.6 Å². The van der Waals surface area contributed by atoms with Gasteiger partial charge in [-0.3, -0.25) is 4.79 Å². The maximum atomic E-state index is 12.4. The molecule has 6 heteroatoms. The van der Waals surface area contributed by atoms with Crippen LogP contribution in [0.5, 0.6) is 5.75 Å². The molecule has 20 heavy (non-hydrogen) atoms. The topological polar surface area (TPSA) is 71.4 Å². The van der Waals surface area contributed by atoms with Crippen molar-refractivity contribution in [1.29, 1.82) is 0 Å². The van der Waals surface area contributed by atoms with Crippen LogP contribution in [0.25, 0.3) is 0 Å². The third kappa shape index (κ3) is 2.55. The predicted octanol–water partition coefficient (Wildman–Crippen LogP) is 3.00. The van der Waals surface area contributed by atoms with Gasteiger partial charge in [0.25, 0.3) is 0 Å². The first-order valence-corrected chi connectivity index (χ1v) is 7.52. The molecule has 0 saturated carbocycles. The van der Waals surface area contributed by atoms with Crippen LogP contribution in [0.3, 0.4) is 0 Å². The molecule has 2 aromatic rings. The Balaban J connectivity index is 2.63. The third-order valence-corrected chi connectivity index (χ3v) is 4.87. The molecule has 0 spiro atoms. The van der Waals surface area contributed by atoms with Crippen molar-refractivity contribution >= 4 is 27.7 Å². The zero-order chi connectivity index (χ0) is 14.9. The Morgan fingerprint density at radius 3 is 2.25 bits per heavy atom. The highest BCUT2D eigenvalue weighted by Gasteiger charge is 2.20. The molecule has 0 bridgehead atoms. The first-order chi connectivity index (χ1) is 9.36. The zero-order valence-electron chi connectivity index (χ0n) is 10.5. The van der Waals surface area contributed by atoms with Crippen molar-refractivity contribution in [1.82, 2.24) is 0 Å². The molecule has 1 N–H and O–H groups in total. The third-order valence-electron chi connectivity index (χ3n) is 2.83. The number of aromatic hydroxyl groups is 1. The molecule has 2 aromatic carbocycles. The van der Waals surface area contributed by atoms with Gasteiger partial charge < -0.3 is 5.11 Å². The summed E-state index contributed by atoms with van der Waals surface area (Å²) < 4.78 is 24.8. The fourth-order valence-electron chi connectivity index (χ4n) is 1.69. The van der Waals surface area contributed by atoms with E-state index < -0.39 is 15.6 Å². The van der Waals surface area contributed by atoms with Crippen LogP contribution in [-0.2, 0) is 9.84 Å². The van der Waals surface area contributed by atoms with Crippen molar-refractivity contribution in [2.75, 3.05) is 0 Å². The molecule has 0 saturated heterocycles. The van der Waals surface area contributed by atoms with E-state index in [9.17, 15) is 18.3 Å². The lowest BCUT2D eigenvalue weighted by atomic mass is 10.2. The molecule has 0 atom stereocenters. The quantitative estimate of drug-likeness (QED) is 0.885. The van der Waals surface area contributed by atoms with Gasteiger partial charge in [-0.15, -0.1) is 0 Å². The Bertz CT molecular complexity index is 765. The highest BCUT2D eigenvalue weighted by Crippen LogP contribution is 2.32. The van der Waals surface area contributed by atoms with E-state index in [1.807, 2.05) is 6.92 Å². The molecule has 0 aliphatic rings. The van der Waals surface area contributed by atoms with Crippen LogP contribution < -0.4 is 0 Å². The highest BCUT2D eigenvalue weighted by atomic mass is 35.5. The molecule has 0 aliphatic carbocycles. The van der Waals surface area contributed by atoms with Gasteiger partial charge in [0.05, 0.1) is 20.4 Å². The summed E-state index contributed by atoms with van der Waals surface area (Å²) in [6, 6.07) is 8.53. The van der Waals surface area contributed by atoms with Crippen LogP contribution in [0.4, 0.5) is 0 Å². The molecular weight excluding hydrogens is 300 g/mol. The Morgan fingerprint density at radius 1 is 1.10 bits per heavy atom. The summed E-state index contributed by atoms with van der Waals surface area (Å²) in [5, 5.41) is 9.36. The van der Waals surface area contributed by atoms with E-state index in [1.54, 1.807) is 12.1 Å². The number of hydrogen-bond acceptors (Lipinski definition) is 4. The summed E-state index contributed by atoms with van der Waals surface area (Å²) in [7, 11) is -3.78. The van der Waals surface area contributed by atoms with E-state index in [0.29, 0.717) is 6.29 Å². The number of carbonyl (C=O) groups is 1. The minimum absolute atomic E-state index is 0.0988. The SMILES string of the molecule is Cc1ccc(S(=O)(=O)c2cc(Cl)c(O)c(C=O)c2)cc1. The van der Waals surface area contributed by atoms with Crippen LogP contribution in [-0.4, -0.2) is 19.8 Å². The second kappa shape index (κ2) is 5.26. The van der Waals surface area contributed by atoms with Gasteiger partial charge in [0.15, 0.2) is 6.29 Å². The number of rotatable bonds is 3. The normalized spacial score (nSPS) is 11.3. The van der Waals surface area contributed by atoms with Crippen molar-refractivity contribution in [3.63, 3.8) is 0 Å². The van der Waals surface area contributed by atoms with Gasteiger partial charge in [0, 0.05) is 0 Å². The Morgan fingerprint density at radius 2 is 1.70 bits per heavy atom. The molecule has 0 heterocycles. The van der Waals surface area contributed by atoms with Crippen molar-refractivity contribution in [2.24, 2.45) is 0 Å². The maximum absolute atomic E-state index is 12.4. The number of carbonyl (C=O) groups excluding carboxylic acids is 1. The molecule has 2 rings (SSSR count). The Hall–Kier alpha value is -1.85. The number of aryl methyl sites for hydroxylation is 1. The minimum Gasteiger partial charge on any atom is -0.506 e. The minimum atomic E-state index is -3.78. The first kappa shape index (κ1) is 14.6. The monoisotopic (exact) mass is 310 g/mol. The molecule has 0 amide bonds. The predicted molar refractivity (Wildman–Crippen MR) is 75.1 cm³/mol. The van der Waals surface area contributed by atoms with E-state index in [-0.39, 0.29) is 20.4 Å². The van der Waals surface area contributed by atoms with Gasteiger partial charge in [-0.05, 0) is 31.2 Å². The number of halogens is 1. The summed E-state index contributed by atoms with van der Waals surface area (Å²) in [6.45, 7) is 1.85. The summed E-state index contributed by atoms with van der Waals surface area (Å²) >= 11 is 5.74. The first-order valence-electron chi connectivity index (χ1n) is 5.65. The van der Waals surface area contributed by atoms with E-state index in [0.717, 1.165) is 17.7 Å². The Kier molecular flexibility index (Phi) is 3.83. The standard InChI is InChI=1S/C14H11ClO4S/c1-9-2-4-11(5-3-9)20(18,19)12-6-10(8-16)14(17)13(15)7-12/h2-8,17H,1H3. The number of hydrogen-bond donors (Lipinski definition) is 1.